The second-order valence-corrected chi connectivity index (χ2v) is 7.67. The average Bonchev–Trinajstić information content (AvgIpc) is 3.00. The van der Waals surface area contributed by atoms with E-state index in [2.05, 4.69) is 9.97 Å². The van der Waals surface area contributed by atoms with Gasteiger partial charge in [-0.3, -0.25) is 0 Å². The molecule has 1 aromatic heterocycles. The summed E-state index contributed by atoms with van der Waals surface area (Å²) in [6.07, 6.45) is -4.59. The number of alkyl halides is 3. The molecule has 9 heteroatoms. The molecule has 3 heterocycles. The molecule has 0 spiro atoms. The molecule has 2 saturated heterocycles. The number of hydrogen-bond donors (Lipinski definition) is 1. The van der Waals surface area contributed by atoms with Gasteiger partial charge < -0.3 is 19.7 Å². The maximum atomic E-state index is 13.3. The maximum absolute atomic E-state index is 13.3. The third-order valence-electron chi connectivity index (χ3n) is 5.90. The predicted octanol–water partition coefficient (Wildman–Crippen LogP) is 1.73. The molecule has 1 aliphatic carbocycles. The molecule has 0 aromatic carbocycles. The van der Waals surface area contributed by atoms with Crippen LogP contribution >= 0.6 is 0 Å². The molecule has 1 aromatic rings. The Balaban J connectivity index is 1.56. The van der Waals surface area contributed by atoms with Crippen molar-refractivity contribution in [1.82, 2.24) is 9.97 Å². The van der Waals surface area contributed by atoms with Gasteiger partial charge in [0.05, 0.1) is 12.1 Å². The first-order valence-corrected chi connectivity index (χ1v) is 8.80. The first-order valence-electron chi connectivity index (χ1n) is 8.80. The minimum atomic E-state index is -4.56. The van der Waals surface area contributed by atoms with Crippen LogP contribution in [0.15, 0.2) is 6.07 Å². The van der Waals surface area contributed by atoms with Gasteiger partial charge in [0.15, 0.2) is 5.69 Å². The number of ketones is 1. The number of nitrogens with zero attached hydrogens (tertiary/aromatic N) is 4. The summed E-state index contributed by atoms with van der Waals surface area (Å²) < 4.78 is 39.8. The van der Waals surface area contributed by atoms with Crippen LogP contribution in [0.1, 0.15) is 26.0 Å². The number of carbonyl (C=O) groups excluding carboxylic acids is 1. The molecule has 1 saturated carbocycles. The molecule has 2 aliphatic heterocycles. The molecule has 3 aliphatic rings. The lowest BCUT2D eigenvalue weighted by Gasteiger charge is -2.43. The molecule has 3 fully saturated rings. The Labute approximate surface area is 149 Å². The van der Waals surface area contributed by atoms with Crippen molar-refractivity contribution in [1.29, 1.82) is 0 Å². The van der Waals surface area contributed by atoms with Gasteiger partial charge in [-0.15, -0.1) is 0 Å². The number of fused-ring (bicyclic) bond motifs is 1. The van der Waals surface area contributed by atoms with Crippen LogP contribution in [-0.2, 0) is 11.0 Å². The monoisotopic (exact) mass is 370 g/mol. The molecular weight excluding hydrogens is 349 g/mol. The number of aliphatic hydroxyl groups excluding tert-OH is 1. The molecular formula is C17H21F3N4O2. The van der Waals surface area contributed by atoms with Crippen molar-refractivity contribution < 1.29 is 23.1 Å². The van der Waals surface area contributed by atoms with Crippen LogP contribution in [0.2, 0.25) is 0 Å². The zero-order valence-corrected chi connectivity index (χ0v) is 14.6. The van der Waals surface area contributed by atoms with E-state index in [0.29, 0.717) is 37.3 Å². The third kappa shape index (κ3) is 2.91. The normalized spacial score (nSPS) is 33.1. The minimum Gasteiger partial charge on any atom is -0.389 e. The van der Waals surface area contributed by atoms with Crippen LogP contribution in [-0.4, -0.2) is 52.6 Å². The number of piperidine rings is 1. The zero-order chi connectivity index (χ0) is 18.8. The van der Waals surface area contributed by atoms with Gasteiger partial charge in [0.1, 0.15) is 11.6 Å². The first kappa shape index (κ1) is 17.5. The van der Waals surface area contributed by atoms with E-state index in [4.69, 9.17) is 0 Å². The molecule has 0 radical (unpaired) electrons. The second-order valence-electron chi connectivity index (χ2n) is 7.67. The van der Waals surface area contributed by atoms with Gasteiger partial charge in [-0.2, -0.15) is 18.2 Å². The number of halogens is 3. The standard InChI is InChI=1S/C17H21F3N4O2/c1-8(25)3-10-11-5-23(6-12(10)11)15-4-14(17(18,19)20)21-16(22-15)24-7-13(26)9(24)2/h4,9-13,26H,3,5-7H2,1-2H3/t9-,10?,11-,12+,13+/m0/s1. The number of aromatic nitrogens is 2. The summed E-state index contributed by atoms with van der Waals surface area (Å²) in [5, 5.41) is 9.64. The highest BCUT2D eigenvalue weighted by atomic mass is 19.4. The largest absolute Gasteiger partial charge is 0.433 e. The molecule has 0 amide bonds. The van der Waals surface area contributed by atoms with Crippen molar-refractivity contribution in [3.05, 3.63) is 11.8 Å². The van der Waals surface area contributed by atoms with Gasteiger partial charge in [-0.05, 0) is 31.6 Å². The highest BCUT2D eigenvalue weighted by Crippen LogP contribution is 2.54. The van der Waals surface area contributed by atoms with E-state index in [1.54, 1.807) is 18.7 Å². The number of carbonyl (C=O) groups is 1. The van der Waals surface area contributed by atoms with Crippen LogP contribution < -0.4 is 9.80 Å². The number of Topliss-reactive ketones (excluding diaryl/α,β-unsaturated/α-hetero) is 1. The van der Waals surface area contributed by atoms with Crippen molar-refractivity contribution >= 4 is 17.5 Å². The number of hydrogen-bond acceptors (Lipinski definition) is 6. The molecule has 0 bridgehead atoms. The number of β-amino-alcohol motifs (C(OH)–C–C–N with tert-alkyl or cyclic N) is 1. The van der Waals surface area contributed by atoms with Crippen molar-refractivity contribution in [2.24, 2.45) is 17.8 Å². The van der Waals surface area contributed by atoms with Crippen LogP contribution in [0.4, 0.5) is 24.9 Å². The van der Waals surface area contributed by atoms with E-state index in [9.17, 15) is 23.1 Å². The van der Waals surface area contributed by atoms with E-state index in [-0.39, 0.29) is 30.1 Å². The number of anilines is 2. The molecule has 1 N–H and O–H groups in total. The Morgan fingerprint density at radius 1 is 1.27 bits per heavy atom. The number of rotatable bonds is 4. The summed E-state index contributed by atoms with van der Waals surface area (Å²) >= 11 is 0. The van der Waals surface area contributed by atoms with Crippen molar-refractivity contribution in [2.75, 3.05) is 29.4 Å². The zero-order valence-electron chi connectivity index (χ0n) is 14.6. The molecule has 4 rings (SSSR count). The van der Waals surface area contributed by atoms with Gasteiger partial charge in [0, 0.05) is 32.1 Å². The maximum Gasteiger partial charge on any atom is 0.433 e. The average molecular weight is 370 g/mol. The van der Waals surface area contributed by atoms with Crippen LogP contribution in [0, 0.1) is 17.8 Å². The van der Waals surface area contributed by atoms with Crippen LogP contribution in [0.5, 0.6) is 0 Å². The van der Waals surface area contributed by atoms with Crippen molar-refractivity contribution in [3.8, 4) is 0 Å². The SMILES string of the molecule is CC(=O)CC1[C@H]2CN(c3cc(C(F)(F)F)nc(N4C[C@@H](O)[C@@H]4C)n3)C[C@@H]12. The van der Waals surface area contributed by atoms with E-state index in [0.717, 1.165) is 6.07 Å². The van der Waals surface area contributed by atoms with Crippen LogP contribution in [0.25, 0.3) is 0 Å². The lowest BCUT2D eigenvalue weighted by atomic mass is 10.0. The first-order chi connectivity index (χ1) is 12.1. The molecule has 142 valence electrons. The number of aliphatic hydroxyl groups is 1. The fourth-order valence-corrected chi connectivity index (χ4v) is 4.18. The lowest BCUT2D eigenvalue weighted by Crippen LogP contribution is -2.59. The quantitative estimate of drug-likeness (QED) is 0.871. The fourth-order valence-electron chi connectivity index (χ4n) is 4.18. The Hall–Kier alpha value is -1.90. The van der Waals surface area contributed by atoms with Gasteiger partial charge in [0.25, 0.3) is 0 Å². The Kier molecular flexibility index (Phi) is 3.91. The summed E-state index contributed by atoms with van der Waals surface area (Å²) in [6, 6.07) is 0.688. The summed E-state index contributed by atoms with van der Waals surface area (Å²) in [5.74, 6) is 1.51. The van der Waals surface area contributed by atoms with Gasteiger partial charge >= 0.3 is 6.18 Å². The molecule has 1 unspecified atom stereocenters. The summed E-state index contributed by atoms with van der Waals surface area (Å²) in [6.45, 7) is 4.77. The Bertz CT molecular complexity index is 729. The van der Waals surface area contributed by atoms with Crippen molar-refractivity contribution in [3.63, 3.8) is 0 Å². The summed E-state index contributed by atoms with van der Waals surface area (Å²) in [7, 11) is 0. The molecule has 5 atom stereocenters. The highest BCUT2D eigenvalue weighted by molar-refractivity contribution is 5.76. The predicted molar refractivity (Wildman–Crippen MR) is 87.8 cm³/mol. The van der Waals surface area contributed by atoms with E-state index in [1.165, 1.54) is 0 Å². The lowest BCUT2D eigenvalue weighted by molar-refractivity contribution is -0.141. The second kappa shape index (κ2) is 5.80. The van der Waals surface area contributed by atoms with E-state index >= 15 is 0 Å². The summed E-state index contributed by atoms with van der Waals surface area (Å²) in [4.78, 5) is 22.7. The van der Waals surface area contributed by atoms with E-state index < -0.39 is 18.0 Å². The Morgan fingerprint density at radius 3 is 2.42 bits per heavy atom. The summed E-state index contributed by atoms with van der Waals surface area (Å²) in [5.41, 5.74) is -0.966. The molecule has 6 nitrogen and oxygen atoms in total. The fraction of sp³-hybridized carbons (Fsp3) is 0.706. The minimum absolute atomic E-state index is 0.00786. The smallest absolute Gasteiger partial charge is 0.389 e. The van der Waals surface area contributed by atoms with E-state index in [1.807, 2.05) is 4.90 Å². The highest BCUT2D eigenvalue weighted by Gasteiger charge is 2.56. The third-order valence-corrected chi connectivity index (χ3v) is 5.90. The molecule has 26 heavy (non-hydrogen) atoms. The van der Waals surface area contributed by atoms with Gasteiger partial charge in [0.2, 0.25) is 5.95 Å². The topological polar surface area (TPSA) is 69.6 Å². The van der Waals surface area contributed by atoms with Crippen molar-refractivity contribution in [2.45, 2.75) is 38.6 Å². The van der Waals surface area contributed by atoms with Gasteiger partial charge in [-0.25, -0.2) is 4.98 Å². The van der Waals surface area contributed by atoms with Crippen LogP contribution in [0.3, 0.4) is 0 Å². The Morgan fingerprint density at radius 2 is 1.92 bits per heavy atom. The van der Waals surface area contributed by atoms with Gasteiger partial charge in [-0.1, -0.05) is 0 Å².